The molecule has 3 aliphatic heterocycles. The molecule has 7 nitrogen and oxygen atoms in total. The number of amides is 2. The van der Waals surface area contributed by atoms with Gasteiger partial charge in [-0.15, -0.1) is 0 Å². The number of rotatable bonds is 1. The Morgan fingerprint density at radius 2 is 1.61 bits per heavy atom. The Bertz CT molecular complexity index is 1110. The van der Waals surface area contributed by atoms with E-state index < -0.39 is 35.2 Å². The molecule has 0 bridgehead atoms. The Morgan fingerprint density at radius 3 is 2.32 bits per heavy atom. The molecule has 0 aromatic heterocycles. The third-order valence-electron chi connectivity index (χ3n) is 5.76. The molecule has 3 aliphatic rings. The topological polar surface area (TPSA) is 101 Å². The maximum atomic E-state index is 13.4. The van der Waals surface area contributed by atoms with Crippen LogP contribution in [0.5, 0.6) is 0 Å². The second-order valence-corrected chi connectivity index (χ2v) is 7.00. The number of para-hydroxylation sites is 1. The van der Waals surface area contributed by atoms with Crippen LogP contribution in [-0.2, 0) is 9.59 Å². The summed E-state index contributed by atoms with van der Waals surface area (Å²) in [7, 11) is 0. The average molecular weight is 367 g/mol. The Balaban J connectivity index is 1.73. The molecule has 0 radical (unpaired) electrons. The maximum Gasteiger partial charge on any atom is 0.242 e. The average Bonchev–Trinajstić information content (AvgIpc) is 3.19. The minimum atomic E-state index is -1.84. The molecule has 3 atom stereocenters. The van der Waals surface area contributed by atoms with Crippen molar-refractivity contribution in [3.8, 4) is 12.1 Å². The van der Waals surface area contributed by atoms with Crippen molar-refractivity contribution in [2.24, 2.45) is 16.9 Å². The van der Waals surface area contributed by atoms with Gasteiger partial charge in [-0.3, -0.25) is 14.6 Å². The van der Waals surface area contributed by atoms with Crippen LogP contribution in [0.2, 0.25) is 0 Å². The summed E-state index contributed by atoms with van der Waals surface area (Å²) in [5.74, 6) is -2.91. The number of nitrogens with zero attached hydrogens (tertiary/aromatic N) is 5. The molecular weight excluding hydrogens is 354 g/mol. The lowest BCUT2D eigenvalue weighted by atomic mass is 9.80. The normalized spacial score (nSPS) is 26.3. The highest BCUT2D eigenvalue weighted by atomic mass is 16.2. The zero-order valence-corrected chi connectivity index (χ0v) is 14.6. The Hall–Kier alpha value is -3.97. The van der Waals surface area contributed by atoms with Crippen LogP contribution in [-0.4, -0.2) is 28.6 Å². The van der Waals surface area contributed by atoms with E-state index in [1.165, 1.54) is 5.01 Å². The molecule has 0 saturated carbocycles. The highest BCUT2D eigenvalue weighted by molar-refractivity contribution is 6.23. The third-order valence-corrected chi connectivity index (χ3v) is 5.76. The largest absolute Gasteiger partial charge is 0.274 e. The van der Waals surface area contributed by atoms with Gasteiger partial charge in [0.15, 0.2) is 0 Å². The number of carbonyl (C=O) groups excluding carboxylic acids is 2. The highest BCUT2D eigenvalue weighted by Crippen LogP contribution is 2.56. The predicted molar refractivity (Wildman–Crippen MR) is 98.5 cm³/mol. The van der Waals surface area contributed by atoms with Gasteiger partial charge in [0.25, 0.3) is 0 Å². The molecule has 7 heteroatoms. The van der Waals surface area contributed by atoms with Crippen LogP contribution in [0.4, 0.5) is 5.69 Å². The fraction of sp³-hybridized carbons (Fsp3) is 0.190. The fourth-order valence-corrected chi connectivity index (χ4v) is 4.57. The summed E-state index contributed by atoms with van der Waals surface area (Å²) in [6, 6.07) is 19.4. The van der Waals surface area contributed by atoms with Crippen molar-refractivity contribution < 1.29 is 9.59 Å². The zero-order valence-electron chi connectivity index (χ0n) is 14.6. The van der Waals surface area contributed by atoms with Gasteiger partial charge in [0, 0.05) is 0 Å². The Morgan fingerprint density at radius 1 is 0.929 bits per heavy atom. The van der Waals surface area contributed by atoms with E-state index in [-0.39, 0.29) is 0 Å². The molecule has 28 heavy (non-hydrogen) atoms. The molecular formula is C21H13N5O2. The molecule has 134 valence electrons. The van der Waals surface area contributed by atoms with Crippen molar-refractivity contribution in [2.45, 2.75) is 11.6 Å². The number of benzene rings is 2. The van der Waals surface area contributed by atoms with E-state index >= 15 is 0 Å². The summed E-state index contributed by atoms with van der Waals surface area (Å²) in [5, 5.41) is 25.6. The number of imide groups is 1. The van der Waals surface area contributed by atoms with Crippen molar-refractivity contribution in [3.05, 3.63) is 65.7 Å². The van der Waals surface area contributed by atoms with Gasteiger partial charge in [0.1, 0.15) is 18.1 Å². The quantitative estimate of drug-likeness (QED) is 0.718. The number of hydrogen-bond donors (Lipinski definition) is 0. The van der Waals surface area contributed by atoms with Crippen LogP contribution in [0, 0.1) is 34.5 Å². The van der Waals surface area contributed by atoms with Gasteiger partial charge >= 0.3 is 0 Å². The van der Waals surface area contributed by atoms with Crippen LogP contribution >= 0.6 is 0 Å². The van der Waals surface area contributed by atoms with E-state index in [4.69, 9.17) is 0 Å². The van der Waals surface area contributed by atoms with Gasteiger partial charge in [0.05, 0.1) is 23.9 Å². The highest BCUT2D eigenvalue weighted by Gasteiger charge is 2.71. The first kappa shape index (κ1) is 16.2. The smallest absolute Gasteiger partial charge is 0.242 e. The number of carbonyl (C=O) groups is 2. The Kier molecular flexibility index (Phi) is 3.19. The first-order valence-electron chi connectivity index (χ1n) is 8.81. The predicted octanol–water partition coefficient (Wildman–Crippen LogP) is 1.98. The SMILES string of the molecule is N#CC1(C#N)[C@@H]2C(=O)N(c3ccccc3)C(=O)[C@@H]2[C@@H]2c3ccccc3C=NN21. The lowest BCUT2D eigenvalue weighted by Gasteiger charge is -2.35. The van der Waals surface area contributed by atoms with Crippen LogP contribution < -0.4 is 4.90 Å². The van der Waals surface area contributed by atoms with Crippen LogP contribution in [0.1, 0.15) is 17.2 Å². The summed E-state index contributed by atoms with van der Waals surface area (Å²) < 4.78 is 0. The Labute approximate surface area is 160 Å². The van der Waals surface area contributed by atoms with E-state index in [0.29, 0.717) is 5.69 Å². The second-order valence-electron chi connectivity index (χ2n) is 7.00. The molecule has 2 fully saturated rings. The van der Waals surface area contributed by atoms with Gasteiger partial charge in [-0.25, -0.2) is 4.90 Å². The standard InChI is InChI=1S/C21H13N5O2/c22-11-21(12-23)17-16(18-15-9-5-4-6-13(15)10-24-26(18)21)19(27)25(20(17)28)14-7-2-1-3-8-14/h1-10,16-18H/t16-,17-,18-/m0/s1. The molecule has 3 heterocycles. The summed E-state index contributed by atoms with van der Waals surface area (Å²) in [5.41, 5.74) is 0.203. The molecule has 2 amide bonds. The molecule has 0 unspecified atom stereocenters. The van der Waals surface area contributed by atoms with Crippen LogP contribution in [0.3, 0.4) is 0 Å². The van der Waals surface area contributed by atoms with E-state index in [1.807, 2.05) is 36.4 Å². The molecule has 2 saturated heterocycles. The van der Waals surface area contributed by atoms with E-state index in [0.717, 1.165) is 16.0 Å². The molecule has 2 aromatic rings. The third kappa shape index (κ3) is 1.78. The van der Waals surface area contributed by atoms with Crippen LogP contribution in [0.15, 0.2) is 59.7 Å². The van der Waals surface area contributed by atoms with Crippen molar-refractivity contribution in [2.75, 3.05) is 4.90 Å². The van der Waals surface area contributed by atoms with Gasteiger partial charge in [0.2, 0.25) is 17.4 Å². The van der Waals surface area contributed by atoms with Crippen molar-refractivity contribution in [1.29, 1.82) is 10.5 Å². The summed E-state index contributed by atoms with van der Waals surface area (Å²) in [6.07, 6.45) is 1.57. The van der Waals surface area contributed by atoms with Crippen molar-refractivity contribution >= 4 is 23.7 Å². The first-order valence-corrected chi connectivity index (χ1v) is 8.81. The maximum absolute atomic E-state index is 13.4. The first-order chi connectivity index (χ1) is 13.6. The molecule has 0 N–H and O–H groups in total. The summed E-state index contributed by atoms with van der Waals surface area (Å²) in [4.78, 5) is 27.8. The van der Waals surface area contributed by atoms with Crippen LogP contribution in [0.25, 0.3) is 0 Å². The fourth-order valence-electron chi connectivity index (χ4n) is 4.57. The van der Waals surface area contributed by atoms with Crippen molar-refractivity contribution in [1.82, 2.24) is 5.01 Å². The minimum Gasteiger partial charge on any atom is -0.274 e. The van der Waals surface area contributed by atoms with E-state index in [1.54, 1.807) is 36.5 Å². The number of fused-ring (bicyclic) bond motifs is 5. The van der Waals surface area contributed by atoms with Gasteiger partial charge in [-0.2, -0.15) is 15.6 Å². The molecule has 5 rings (SSSR count). The lowest BCUT2D eigenvalue weighted by Crippen LogP contribution is -2.49. The van der Waals surface area contributed by atoms with Gasteiger partial charge < -0.3 is 0 Å². The summed E-state index contributed by atoms with van der Waals surface area (Å²) >= 11 is 0. The second kappa shape index (κ2) is 5.51. The van der Waals surface area contributed by atoms with Crippen molar-refractivity contribution in [3.63, 3.8) is 0 Å². The number of hydrogen-bond acceptors (Lipinski definition) is 6. The monoisotopic (exact) mass is 367 g/mol. The lowest BCUT2D eigenvalue weighted by molar-refractivity contribution is -0.124. The van der Waals surface area contributed by atoms with Gasteiger partial charge in [-0.05, 0) is 23.3 Å². The zero-order chi connectivity index (χ0) is 19.5. The van der Waals surface area contributed by atoms with E-state index in [9.17, 15) is 20.1 Å². The number of hydrazone groups is 1. The molecule has 0 spiro atoms. The van der Waals surface area contributed by atoms with Gasteiger partial charge in [-0.1, -0.05) is 42.5 Å². The van der Waals surface area contributed by atoms with E-state index in [2.05, 4.69) is 5.10 Å². The molecule has 0 aliphatic carbocycles. The minimum absolute atomic E-state index is 0.407. The summed E-state index contributed by atoms with van der Waals surface area (Å²) in [6.45, 7) is 0. The number of nitriles is 2. The molecule has 2 aromatic carbocycles. The number of anilines is 1.